The maximum Gasteiger partial charge on any atom is 0.101 e. The van der Waals surface area contributed by atoms with Crippen LogP contribution in [0, 0.1) is 22.7 Å². The Labute approximate surface area is 312 Å². The van der Waals surface area contributed by atoms with E-state index < -0.39 is 0 Å². The third-order valence-corrected chi connectivity index (χ3v) is 10.6. The molecule has 0 aliphatic rings. The molecular formula is C50H30N4. The lowest BCUT2D eigenvalue weighted by molar-refractivity contribution is 1.16. The first-order valence-electron chi connectivity index (χ1n) is 18.0. The van der Waals surface area contributed by atoms with Gasteiger partial charge in [-0.05, 0) is 112 Å². The average Bonchev–Trinajstić information content (AvgIpc) is 3.75. The summed E-state index contributed by atoms with van der Waals surface area (Å²) >= 11 is 0. The van der Waals surface area contributed by atoms with Crippen LogP contribution in [0.2, 0.25) is 0 Å². The van der Waals surface area contributed by atoms with Crippen LogP contribution in [0.5, 0.6) is 0 Å². The molecule has 8 aromatic carbocycles. The first kappa shape index (κ1) is 31.1. The first-order chi connectivity index (χ1) is 26.7. The predicted octanol–water partition coefficient (Wildman–Crippen LogP) is 12.6. The molecule has 10 rings (SSSR count). The summed E-state index contributed by atoms with van der Waals surface area (Å²) in [5.74, 6) is 0. The van der Waals surface area contributed by atoms with Crippen molar-refractivity contribution >= 4 is 43.6 Å². The van der Waals surface area contributed by atoms with Gasteiger partial charge in [-0.15, -0.1) is 0 Å². The van der Waals surface area contributed by atoms with Gasteiger partial charge in [0.1, 0.15) is 6.07 Å². The lowest BCUT2D eigenvalue weighted by Gasteiger charge is -2.11. The fraction of sp³-hybridized carbons (Fsp3) is 0. The lowest BCUT2D eigenvalue weighted by atomic mass is 9.98. The standard InChI is InChI=1S/C50H30N4/c51-31-33-16-17-40(32-52)50(26-33)54-48-24-19-37(35-12-6-2-7-13-35)28-44(48)45-30-39(21-25-49(45)54)38-20-23-47-43(29-38)42-27-36(34-10-4-1-5-11-34)18-22-46(42)53(47)41-14-8-3-9-15-41/h1-30H. The molecule has 0 aliphatic heterocycles. The number of fused-ring (bicyclic) bond motifs is 6. The summed E-state index contributed by atoms with van der Waals surface area (Å²) in [6.45, 7) is 0. The molecular weight excluding hydrogens is 657 g/mol. The van der Waals surface area contributed by atoms with Gasteiger partial charge in [0, 0.05) is 27.2 Å². The van der Waals surface area contributed by atoms with E-state index in [0.29, 0.717) is 16.8 Å². The number of hydrogen-bond acceptors (Lipinski definition) is 2. The summed E-state index contributed by atoms with van der Waals surface area (Å²) in [7, 11) is 0. The highest BCUT2D eigenvalue weighted by Gasteiger charge is 2.19. The van der Waals surface area contributed by atoms with Gasteiger partial charge in [-0.3, -0.25) is 0 Å². The Kier molecular flexibility index (Phi) is 7.22. The van der Waals surface area contributed by atoms with Crippen LogP contribution < -0.4 is 0 Å². The average molecular weight is 687 g/mol. The first-order valence-corrected chi connectivity index (χ1v) is 18.0. The Hall–Kier alpha value is -7.66. The van der Waals surface area contributed by atoms with Crippen LogP contribution in [0.15, 0.2) is 182 Å². The van der Waals surface area contributed by atoms with E-state index in [1.54, 1.807) is 12.1 Å². The van der Waals surface area contributed by atoms with Crippen LogP contribution in [0.3, 0.4) is 0 Å². The molecule has 0 radical (unpaired) electrons. The molecule has 0 bridgehead atoms. The van der Waals surface area contributed by atoms with Gasteiger partial charge >= 0.3 is 0 Å². The maximum absolute atomic E-state index is 10.2. The number of aromatic nitrogens is 2. The number of benzene rings is 8. The van der Waals surface area contributed by atoms with Gasteiger partial charge in [0.2, 0.25) is 0 Å². The van der Waals surface area contributed by atoms with Crippen LogP contribution in [-0.4, -0.2) is 9.13 Å². The van der Waals surface area contributed by atoms with Crippen molar-refractivity contribution in [2.75, 3.05) is 0 Å². The van der Waals surface area contributed by atoms with E-state index in [-0.39, 0.29) is 0 Å². The summed E-state index contributed by atoms with van der Waals surface area (Å²) in [6, 6.07) is 68.1. The molecule has 0 unspecified atom stereocenters. The van der Waals surface area contributed by atoms with E-state index in [9.17, 15) is 10.5 Å². The second kappa shape index (κ2) is 12.5. The third-order valence-electron chi connectivity index (χ3n) is 10.6. The largest absolute Gasteiger partial charge is 0.309 e. The zero-order chi connectivity index (χ0) is 36.2. The Morgan fingerprint density at radius 1 is 0.333 bits per heavy atom. The van der Waals surface area contributed by atoms with E-state index in [1.165, 1.54) is 21.9 Å². The monoisotopic (exact) mass is 686 g/mol. The van der Waals surface area contributed by atoms with Crippen LogP contribution in [-0.2, 0) is 0 Å². The summed E-state index contributed by atoms with van der Waals surface area (Å²) in [4.78, 5) is 0. The van der Waals surface area contributed by atoms with Gasteiger partial charge in [0.05, 0.1) is 45.0 Å². The van der Waals surface area contributed by atoms with Crippen LogP contribution in [0.25, 0.3) is 88.4 Å². The lowest BCUT2D eigenvalue weighted by Crippen LogP contribution is -1.98. The van der Waals surface area contributed by atoms with Crippen LogP contribution in [0.1, 0.15) is 11.1 Å². The predicted molar refractivity (Wildman–Crippen MR) is 221 cm³/mol. The van der Waals surface area contributed by atoms with Crippen molar-refractivity contribution in [2.45, 2.75) is 0 Å². The molecule has 250 valence electrons. The molecule has 0 atom stereocenters. The van der Waals surface area contributed by atoms with Gasteiger partial charge in [0.15, 0.2) is 0 Å². The molecule has 0 spiro atoms. The summed E-state index contributed by atoms with van der Waals surface area (Å²) in [6.07, 6.45) is 0. The number of rotatable bonds is 5. The second-order valence-corrected chi connectivity index (χ2v) is 13.6. The van der Waals surface area contributed by atoms with E-state index in [1.807, 2.05) is 12.1 Å². The minimum atomic E-state index is 0.509. The molecule has 4 nitrogen and oxygen atoms in total. The molecule has 2 aromatic heterocycles. The molecule has 10 aromatic rings. The molecule has 0 amide bonds. The topological polar surface area (TPSA) is 57.4 Å². The van der Waals surface area contributed by atoms with Crippen molar-refractivity contribution in [3.63, 3.8) is 0 Å². The molecule has 0 saturated heterocycles. The third kappa shape index (κ3) is 4.98. The van der Waals surface area contributed by atoms with Gasteiger partial charge in [0.25, 0.3) is 0 Å². The SMILES string of the molecule is N#Cc1ccc(C#N)c(-n2c3ccc(-c4ccccc4)cc3c3cc(-c4ccc5c(c4)c4cc(-c6ccccc6)ccc4n5-c4ccccc4)ccc32)c1. The molecule has 4 heteroatoms. The highest BCUT2D eigenvalue weighted by atomic mass is 15.0. The molecule has 0 aliphatic carbocycles. The van der Waals surface area contributed by atoms with Gasteiger partial charge in [-0.1, -0.05) is 103 Å². The van der Waals surface area contributed by atoms with Crippen molar-refractivity contribution in [1.29, 1.82) is 10.5 Å². The fourth-order valence-electron chi connectivity index (χ4n) is 8.02. The maximum atomic E-state index is 10.2. The number of hydrogen-bond donors (Lipinski definition) is 0. The van der Waals surface area contributed by atoms with Crippen LogP contribution >= 0.6 is 0 Å². The Balaban J connectivity index is 1.22. The Bertz CT molecular complexity index is 3160. The van der Waals surface area contributed by atoms with Crippen molar-refractivity contribution in [1.82, 2.24) is 9.13 Å². The molecule has 54 heavy (non-hydrogen) atoms. The molecule has 0 saturated carbocycles. The van der Waals surface area contributed by atoms with E-state index >= 15 is 0 Å². The smallest absolute Gasteiger partial charge is 0.101 e. The number of para-hydroxylation sites is 1. The van der Waals surface area contributed by atoms with Crippen molar-refractivity contribution in [3.8, 4) is 56.9 Å². The number of nitriles is 2. The molecule has 0 N–H and O–H groups in total. The highest BCUT2D eigenvalue weighted by Crippen LogP contribution is 2.40. The summed E-state index contributed by atoms with van der Waals surface area (Å²) in [5, 5.41) is 24.5. The quantitative estimate of drug-likeness (QED) is 0.181. The fourth-order valence-corrected chi connectivity index (χ4v) is 8.02. The zero-order valence-electron chi connectivity index (χ0n) is 29.1. The number of nitrogens with zero attached hydrogens (tertiary/aromatic N) is 4. The van der Waals surface area contributed by atoms with Crippen molar-refractivity contribution < 1.29 is 0 Å². The zero-order valence-corrected chi connectivity index (χ0v) is 29.1. The summed E-state index contributed by atoms with van der Waals surface area (Å²) in [5.41, 5.74) is 13.9. The van der Waals surface area contributed by atoms with Gasteiger partial charge < -0.3 is 9.13 Å². The van der Waals surface area contributed by atoms with Gasteiger partial charge in [-0.25, -0.2) is 0 Å². The van der Waals surface area contributed by atoms with E-state index in [4.69, 9.17) is 0 Å². The Morgan fingerprint density at radius 2 is 0.741 bits per heavy atom. The van der Waals surface area contributed by atoms with Crippen LogP contribution in [0.4, 0.5) is 0 Å². The van der Waals surface area contributed by atoms with Gasteiger partial charge in [-0.2, -0.15) is 10.5 Å². The highest BCUT2D eigenvalue weighted by molar-refractivity contribution is 6.14. The minimum absolute atomic E-state index is 0.509. The van der Waals surface area contributed by atoms with Crippen molar-refractivity contribution in [3.05, 3.63) is 193 Å². The Morgan fingerprint density at radius 3 is 1.17 bits per heavy atom. The second-order valence-electron chi connectivity index (χ2n) is 13.6. The molecule has 0 fully saturated rings. The normalized spacial score (nSPS) is 11.3. The molecule has 2 heterocycles. The summed E-state index contributed by atoms with van der Waals surface area (Å²) < 4.78 is 4.48. The minimum Gasteiger partial charge on any atom is -0.309 e. The van der Waals surface area contributed by atoms with E-state index in [0.717, 1.165) is 60.8 Å². The van der Waals surface area contributed by atoms with Crippen molar-refractivity contribution in [2.24, 2.45) is 0 Å². The van der Waals surface area contributed by atoms with E-state index in [2.05, 4.69) is 179 Å².